The molecule has 1 heterocycles. The smallest absolute Gasteiger partial charge is 0.203 e. The fourth-order valence-corrected chi connectivity index (χ4v) is 4.08. The summed E-state index contributed by atoms with van der Waals surface area (Å²) in [6, 6.07) is 17.5. The number of imidazole rings is 1. The van der Waals surface area contributed by atoms with Crippen molar-refractivity contribution in [3.63, 3.8) is 0 Å². The van der Waals surface area contributed by atoms with E-state index < -0.39 is 17.5 Å². The Morgan fingerprint density at radius 3 is 2.16 bits per heavy atom. The topological polar surface area (TPSA) is 42.9 Å². The number of para-hydroxylation sites is 2. The molecule has 7 heteroatoms. The van der Waals surface area contributed by atoms with Gasteiger partial charge in [0, 0.05) is 7.11 Å². The fourth-order valence-electron chi connectivity index (χ4n) is 4.08. The van der Waals surface area contributed by atoms with E-state index in [2.05, 4.69) is 12.1 Å². The minimum absolute atomic E-state index is 0.0324. The predicted molar refractivity (Wildman–Crippen MR) is 117 cm³/mol. The summed E-state index contributed by atoms with van der Waals surface area (Å²) in [6.07, 6.45) is 0.651. The summed E-state index contributed by atoms with van der Waals surface area (Å²) in [7, 11) is 1.62. The Labute approximate surface area is 184 Å². The van der Waals surface area contributed by atoms with Gasteiger partial charge in [0.05, 0.1) is 30.2 Å². The molecule has 0 aliphatic carbocycles. The Bertz CT molecular complexity index is 1290. The summed E-state index contributed by atoms with van der Waals surface area (Å²) >= 11 is 0. The molecule has 0 aliphatic heterocycles. The maximum atomic E-state index is 13.8. The molecule has 0 fully saturated rings. The largest absolute Gasteiger partial charge is 0.383 e. The lowest BCUT2D eigenvalue weighted by molar-refractivity contribution is 0.154. The van der Waals surface area contributed by atoms with Crippen LogP contribution in [0.1, 0.15) is 22.7 Å². The van der Waals surface area contributed by atoms with E-state index in [-0.39, 0.29) is 23.8 Å². The van der Waals surface area contributed by atoms with Gasteiger partial charge in [-0.3, -0.25) is 5.41 Å². The molecule has 0 bridgehead atoms. The Kier molecular flexibility index (Phi) is 6.19. The third-order valence-electron chi connectivity index (χ3n) is 5.62. The van der Waals surface area contributed by atoms with Crippen molar-refractivity contribution in [1.82, 2.24) is 9.13 Å². The van der Waals surface area contributed by atoms with Crippen LogP contribution in [0.2, 0.25) is 0 Å². The summed E-state index contributed by atoms with van der Waals surface area (Å²) in [4.78, 5) is 0. The van der Waals surface area contributed by atoms with E-state index in [4.69, 9.17) is 10.1 Å². The normalized spacial score (nSPS) is 12.4. The zero-order chi connectivity index (χ0) is 22.8. The summed E-state index contributed by atoms with van der Waals surface area (Å²) in [6.45, 7) is 2.45. The van der Waals surface area contributed by atoms with Crippen molar-refractivity contribution in [2.45, 2.75) is 25.9 Å². The van der Waals surface area contributed by atoms with Crippen LogP contribution in [0.5, 0.6) is 0 Å². The zero-order valence-corrected chi connectivity index (χ0v) is 17.9. The van der Waals surface area contributed by atoms with Crippen LogP contribution in [-0.4, -0.2) is 22.9 Å². The van der Waals surface area contributed by atoms with Gasteiger partial charge in [-0.1, -0.05) is 42.0 Å². The van der Waals surface area contributed by atoms with Crippen molar-refractivity contribution in [1.29, 1.82) is 5.41 Å². The molecule has 0 unspecified atom stereocenters. The van der Waals surface area contributed by atoms with E-state index in [0.29, 0.717) is 13.0 Å². The lowest BCUT2D eigenvalue weighted by Crippen LogP contribution is -2.31. The second-order valence-electron chi connectivity index (χ2n) is 7.94. The molecule has 0 aliphatic rings. The van der Waals surface area contributed by atoms with Gasteiger partial charge in [-0.2, -0.15) is 0 Å². The molecular formula is C25H24F3N3O. The van der Waals surface area contributed by atoms with Crippen LogP contribution < -0.4 is 5.62 Å². The molecule has 0 radical (unpaired) electrons. The minimum atomic E-state index is -1.49. The number of halogens is 3. The monoisotopic (exact) mass is 439 g/mol. The van der Waals surface area contributed by atoms with Crippen molar-refractivity contribution >= 4 is 11.0 Å². The van der Waals surface area contributed by atoms with E-state index in [1.54, 1.807) is 11.7 Å². The van der Waals surface area contributed by atoms with Gasteiger partial charge in [0.2, 0.25) is 5.62 Å². The van der Waals surface area contributed by atoms with Gasteiger partial charge in [0.25, 0.3) is 0 Å². The molecule has 32 heavy (non-hydrogen) atoms. The lowest BCUT2D eigenvalue weighted by atomic mass is 10.0. The van der Waals surface area contributed by atoms with E-state index in [1.165, 1.54) is 5.56 Å². The average molecular weight is 439 g/mol. The van der Waals surface area contributed by atoms with Crippen molar-refractivity contribution in [3.05, 3.63) is 100 Å². The first-order chi connectivity index (χ1) is 15.4. The van der Waals surface area contributed by atoms with Crippen molar-refractivity contribution in [3.8, 4) is 0 Å². The molecule has 0 saturated heterocycles. The average Bonchev–Trinajstić information content (AvgIpc) is 3.04. The molecule has 1 atom stereocenters. The van der Waals surface area contributed by atoms with Gasteiger partial charge < -0.3 is 13.9 Å². The highest BCUT2D eigenvalue weighted by Crippen LogP contribution is 2.23. The van der Waals surface area contributed by atoms with Crippen LogP contribution in [0.15, 0.2) is 60.7 Å². The number of ether oxygens (including phenoxy) is 1. The summed E-state index contributed by atoms with van der Waals surface area (Å²) in [5, 5.41) is 8.89. The molecule has 3 aromatic carbocycles. The van der Waals surface area contributed by atoms with Gasteiger partial charge in [-0.25, -0.2) is 13.2 Å². The predicted octanol–water partition coefficient (Wildman–Crippen LogP) is 5.13. The fraction of sp³-hybridized carbons (Fsp3) is 0.240. The van der Waals surface area contributed by atoms with Gasteiger partial charge in [0.1, 0.15) is 0 Å². The number of hydrogen-bond donors (Lipinski definition) is 1. The van der Waals surface area contributed by atoms with Gasteiger partial charge in [-0.05, 0) is 48.7 Å². The number of hydrogen-bond acceptors (Lipinski definition) is 2. The molecule has 0 spiro atoms. The lowest BCUT2D eigenvalue weighted by Gasteiger charge is -2.19. The van der Waals surface area contributed by atoms with Crippen molar-refractivity contribution in [2.75, 3.05) is 13.7 Å². The Balaban J connectivity index is 1.80. The minimum Gasteiger partial charge on any atom is -0.383 e. The molecular weight excluding hydrogens is 415 g/mol. The number of fused-ring (bicyclic) bond motifs is 1. The molecule has 4 aromatic rings. The number of nitrogens with zero attached hydrogens (tertiary/aromatic N) is 2. The van der Waals surface area contributed by atoms with E-state index >= 15 is 0 Å². The van der Waals surface area contributed by atoms with Crippen molar-refractivity contribution in [2.24, 2.45) is 0 Å². The number of methoxy groups -OCH3 is 1. The van der Waals surface area contributed by atoms with Crippen LogP contribution in [0.4, 0.5) is 13.2 Å². The van der Waals surface area contributed by atoms with E-state index in [1.807, 2.05) is 47.9 Å². The van der Waals surface area contributed by atoms with Crippen molar-refractivity contribution < 1.29 is 17.9 Å². The van der Waals surface area contributed by atoms with Crippen LogP contribution >= 0.6 is 0 Å². The maximum absolute atomic E-state index is 13.8. The first-order valence-electron chi connectivity index (χ1n) is 10.3. The molecule has 4 rings (SSSR count). The van der Waals surface area contributed by atoms with E-state index in [9.17, 15) is 13.2 Å². The van der Waals surface area contributed by atoms with Gasteiger partial charge >= 0.3 is 0 Å². The maximum Gasteiger partial charge on any atom is 0.203 e. The number of aryl methyl sites for hydroxylation is 1. The quantitative estimate of drug-likeness (QED) is 0.399. The summed E-state index contributed by atoms with van der Waals surface area (Å²) in [5.41, 5.74) is 4.25. The Hall–Kier alpha value is -3.32. The molecule has 166 valence electrons. The first kappa shape index (κ1) is 21.9. The molecule has 0 saturated carbocycles. The number of rotatable bonds is 7. The highest BCUT2D eigenvalue weighted by atomic mass is 19.2. The summed E-state index contributed by atoms with van der Waals surface area (Å²) in [5.74, 6) is -3.98. The second-order valence-corrected chi connectivity index (χ2v) is 7.94. The standard InChI is InChI=1S/C25H24F3N3O/c1-16-7-9-17(10-8-16)11-19(15-32-2)31-23-6-4-3-5-22(23)30(25(31)29)14-18-12-20(26)24(28)21(27)13-18/h3-10,12-13,19,29H,11,14-15H2,1-2H3/t19-/m0/s1. The van der Waals surface area contributed by atoms with Gasteiger partial charge in [0.15, 0.2) is 17.5 Å². The Morgan fingerprint density at radius 2 is 1.53 bits per heavy atom. The number of aromatic nitrogens is 2. The third-order valence-corrected chi connectivity index (χ3v) is 5.62. The number of benzene rings is 3. The SMILES string of the molecule is COC[C@H](Cc1ccc(C)cc1)n1c(=N)n(Cc2cc(F)c(F)c(F)c2)c2ccccc21. The molecule has 4 nitrogen and oxygen atoms in total. The molecule has 0 amide bonds. The Morgan fingerprint density at radius 1 is 0.906 bits per heavy atom. The molecule has 1 N–H and O–H groups in total. The van der Waals surface area contributed by atoms with E-state index in [0.717, 1.165) is 28.7 Å². The second kappa shape index (κ2) is 9.04. The molecule has 1 aromatic heterocycles. The van der Waals surface area contributed by atoms with Crippen LogP contribution in [0.25, 0.3) is 11.0 Å². The summed E-state index contributed by atoms with van der Waals surface area (Å²) < 4.78 is 50.0. The first-order valence-corrected chi connectivity index (χ1v) is 10.3. The zero-order valence-electron chi connectivity index (χ0n) is 17.9. The van der Waals surface area contributed by atoms with Gasteiger partial charge in [-0.15, -0.1) is 0 Å². The highest BCUT2D eigenvalue weighted by Gasteiger charge is 2.20. The van der Waals surface area contributed by atoms with Crippen LogP contribution in [-0.2, 0) is 17.7 Å². The number of nitrogens with one attached hydrogen (secondary N) is 1. The van der Waals surface area contributed by atoms with Crippen LogP contribution in [0.3, 0.4) is 0 Å². The highest BCUT2D eigenvalue weighted by molar-refractivity contribution is 5.76. The third kappa shape index (κ3) is 4.21. The van der Waals surface area contributed by atoms with Crippen LogP contribution in [0, 0.1) is 29.8 Å².